The zero-order valence-corrected chi connectivity index (χ0v) is 20.2. The van der Waals surface area contributed by atoms with Gasteiger partial charge in [0.05, 0.1) is 25.8 Å². The maximum atomic E-state index is 13.6. The monoisotopic (exact) mass is 505 g/mol. The highest BCUT2D eigenvalue weighted by Gasteiger charge is 2.17. The molecule has 9 heteroatoms. The van der Waals surface area contributed by atoms with Crippen LogP contribution in [0.2, 0.25) is 5.02 Å². The van der Waals surface area contributed by atoms with Gasteiger partial charge in [0.25, 0.3) is 5.91 Å². The number of carbonyl (C=O) groups is 2. The maximum absolute atomic E-state index is 13.6. The van der Waals surface area contributed by atoms with E-state index < -0.39 is 17.5 Å². The molecule has 0 aliphatic carbocycles. The van der Waals surface area contributed by atoms with Crippen molar-refractivity contribution in [3.05, 3.63) is 95.2 Å². The molecule has 0 aliphatic heterocycles. The number of rotatable bonds is 8. The molecule has 2 heterocycles. The van der Waals surface area contributed by atoms with Crippen LogP contribution < -0.4 is 14.8 Å². The molecular formula is C27H21ClFN3O4. The normalized spacial score (nSPS) is 10.6. The van der Waals surface area contributed by atoms with Crippen molar-refractivity contribution in [3.63, 3.8) is 0 Å². The summed E-state index contributed by atoms with van der Waals surface area (Å²) in [6, 6.07) is 15.9. The molecular weight excluding hydrogens is 485 g/mol. The van der Waals surface area contributed by atoms with Gasteiger partial charge in [-0.3, -0.25) is 14.6 Å². The third-order valence-corrected chi connectivity index (χ3v) is 5.71. The topological polar surface area (TPSA) is 90.4 Å². The second-order valence-corrected chi connectivity index (χ2v) is 8.04. The molecule has 0 spiro atoms. The highest BCUT2D eigenvalue weighted by molar-refractivity contribution is 6.31. The summed E-state index contributed by atoms with van der Waals surface area (Å²) in [5.74, 6) is -0.526. The van der Waals surface area contributed by atoms with Crippen LogP contribution in [0.25, 0.3) is 22.4 Å². The summed E-state index contributed by atoms with van der Waals surface area (Å²) in [6.07, 6.45) is 3.34. The first-order chi connectivity index (χ1) is 17.4. The first-order valence-electron chi connectivity index (χ1n) is 10.8. The van der Waals surface area contributed by atoms with Crippen LogP contribution in [0, 0.1) is 5.82 Å². The maximum Gasteiger partial charge on any atom is 0.251 e. The van der Waals surface area contributed by atoms with Crippen LogP contribution in [0.15, 0.2) is 73.1 Å². The van der Waals surface area contributed by atoms with Gasteiger partial charge >= 0.3 is 0 Å². The van der Waals surface area contributed by atoms with Crippen LogP contribution in [-0.4, -0.2) is 42.4 Å². The van der Waals surface area contributed by atoms with Crippen molar-refractivity contribution < 1.29 is 23.5 Å². The second kappa shape index (κ2) is 11.0. The van der Waals surface area contributed by atoms with Crippen molar-refractivity contribution in [2.45, 2.75) is 0 Å². The summed E-state index contributed by atoms with van der Waals surface area (Å²) in [6.45, 7) is -0.282. The summed E-state index contributed by atoms with van der Waals surface area (Å²) < 4.78 is 24.4. The molecule has 1 amide bonds. The lowest BCUT2D eigenvalue weighted by Crippen LogP contribution is -2.30. The van der Waals surface area contributed by atoms with Crippen molar-refractivity contribution >= 4 is 23.3 Å². The van der Waals surface area contributed by atoms with Crippen LogP contribution in [0.3, 0.4) is 0 Å². The SMILES string of the molecule is COc1cc(C(=O)NCC(=O)c2ccc(OC)c(-c3ccc(F)c(Cl)c3)n2)ccc1-c1ccncc1. The van der Waals surface area contributed by atoms with Gasteiger partial charge in [0.1, 0.15) is 28.7 Å². The van der Waals surface area contributed by atoms with E-state index in [4.69, 9.17) is 21.1 Å². The minimum atomic E-state index is -0.570. The summed E-state index contributed by atoms with van der Waals surface area (Å²) in [7, 11) is 2.98. The Balaban J connectivity index is 1.50. The number of nitrogens with zero attached hydrogens (tertiary/aromatic N) is 2. The minimum absolute atomic E-state index is 0.0780. The van der Waals surface area contributed by atoms with Crippen molar-refractivity contribution in [1.29, 1.82) is 0 Å². The predicted molar refractivity (Wildman–Crippen MR) is 134 cm³/mol. The zero-order valence-electron chi connectivity index (χ0n) is 19.4. The zero-order chi connectivity index (χ0) is 25.7. The van der Waals surface area contributed by atoms with E-state index in [9.17, 15) is 14.0 Å². The average Bonchev–Trinajstić information content (AvgIpc) is 2.92. The summed E-state index contributed by atoms with van der Waals surface area (Å²) in [5, 5.41) is 2.54. The Hall–Kier alpha value is -4.30. The Morgan fingerprint density at radius 1 is 0.917 bits per heavy atom. The summed E-state index contributed by atoms with van der Waals surface area (Å²) >= 11 is 5.90. The van der Waals surface area contributed by atoms with Gasteiger partial charge in [0, 0.05) is 29.1 Å². The number of hydrogen-bond donors (Lipinski definition) is 1. The number of aromatic nitrogens is 2. The Morgan fingerprint density at radius 3 is 2.36 bits per heavy atom. The molecule has 4 rings (SSSR count). The van der Waals surface area contributed by atoms with Gasteiger partial charge in [-0.2, -0.15) is 0 Å². The Morgan fingerprint density at radius 2 is 1.67 bits per heavy atom. The van der Waals surface area contributed by atoms with E-state index in [2.05, 4.69) is 15.3 Å². The molecule has 2 aromatic carbocycles. The van der Waals surface area contributed by atoms with Gasteiger partial charge in [-0.1, -0.05) is 11.6 Å². The lowest BCUT2D eigenvalue weighted by atomic mass is 10.0. The number of ether oxygens (including phenoxy) is 2. The Labute approximate surface area is 211 Å². The third kappa shape index (κ3) is 5.34. The van der Waals surface area contributed by atoms with Gasteiger partial charge in [0.15, 0.2) is 5.78 Å². The van der Waals surface area contributed by atoms with E-state index in [0.29, 0.717) is 28.3 Å². The molecule has 1 N–H and O–H groups in total. The molecule has 2 aromatic heterocycles. The van der Waals surface area contributed by atoms with Gasteiger partial charge in [-0.25, -0.2) is 9.37 Å². The van der Waals surface area contributed by atoms with Crippen LogP contribution in [0.4, 0.5) is 4.39 Å². The number of pyridine rings is 2. The van der Waals surface area contributed by atoms with Crippen molar-refractivity contribution in [2.24, 2.45) is 0 Å². The summed E-state index contributed by atoms with van der Waals surface area (Å²) in [4.78, 5) is 33.9. The Kier molecular flexibility index (Phi) is 7.56. The Bertz CT molecular complexity index is 1430. The first kappa shape index (κ1) is 24.8. The van der Waals surface area contributed by atoms with Crippen LogP contribution >= 0.6 is 11.6 Å². The summed E-state index contributed by atoms with van der Waals surface area (Å²) in [5.41, 5.74) is 2.96. The molecule has 0 radical (unpaired) electrons. The number of benzene rings is 2. The number of methoxy groups -OCH3 is 2. The number of nitrogens with one attached hydrogen (secondary N) is 1. The minimum Gasteiger partial charge on any atom is -0.496 e. The molecule has 4 aromatic rings. The second-order valence-electron chi connectivity index (χ2n) is 7.63. The van der Waals surface area contributed by atoms with Crippen molar-refractivity contribution in [2.75, 3.05) is 20.8 Å². The fraction of sp³-hybridized carbons (Fsp3) is 0.111. The lowest BCUT2D eigenvalue weighted by Gasteiger charge is -2.12. The number of carbonyl (C=O) groups excluding carboxylic acids is 2. The molecule has 36 heavy (non-hydrogen) atoms. The van der Waals surface area contributed by atoms with E-state index >= 15 is 0 Å². The molecule has 7 nitrogen and oxygen atoms in total. The number of ketones is 1. The molecule has 0 unspecified atom stereocenters. The third-order valence-electron chi connectivity index (χ3n) is 5.42. The smallest absolute Gasteiger partial charge is 0.251 e. The van der Waals surface area contributed by atoms with Crippen molar-refractivity contribution in [1.82, 2.24) is 15.3 Å². The van der Waals surface area contributed by atoms with E-state index in [1.54, 1.807) is 36.7 Å². The number of halogens is 2. The first-order valence-corrected chi connectivity index (χ1v) is 11.2. The molecule has 0 saturated carbocycles. The van der Waals surface area contributed by atoms with Gasteiger partial charge < -0.3 is 14.8 Å². The molecule has 182 valence electrons. The fourth-order valence-electron chi connectivity index (χ4n) is 3.57. The standard InChI is InChI=1S/C27H21ClFN3O4/c1-35-24-8-7-22(32-26(24)17-4-6-21(29)20(28)13-17)23(33)15-31-27(34)18-3-5-19(25(14-18)36-2)16-9-11-30-12-10-16/h3-14H,15H2,1-2H3,(H,31,34). The van der Waals surface area contributed by atoms with E-state index in [-0.39, 0.29) is 17.3 Å². The highest BCUT2D eigenvalue weighted by Crippen LogP contribution is 2.32. The molecule has 0 atom stereocenters. The highest BCUT2D eigenvalue weighted by atomic mass is 35.5. The number of amides is 1. The van der Waals surface area contributed by atoms with Crippen LogP contribution in [0.5, 0.6) is 11.5 Å². The van der Waals surface area contributed by atoms with Crippen LogP contribution in [-0.2, 0) is 0 Å². The number of hydrogen-bond acceptors (Lipinski definition) is 6. The van der Waals surface area contributed by atoms with E-state index in [0.717, 1.165) is 11.1 Å². The van der Waals surface area contributed by atoms with E-state index in [1.165, 1.54) is 38.5 Å². The molecule has 0 fully saturated rings. The predicted octanol–water partition coefficient (Wildman–Crippen LogP) is 5.23. The molecule has 0 aliphatic rings. The van der Waals surface area contributed by atoms with Crippen LogP contribution in [0.1, 0.15) is 20.8 Å². The quantitative estimate of drug-likeness (QED) is 0.330. The van der Waals surface area contributed by atoms with Gasteiger partial charge in [0.2, 0.25) is 0 Å². The molecule has 0 bridgehead atoms. The fourth-order valence-corrected chi connectivity index (χ4v) is 3.75. The van der Waals surface area contributed by atoms with Gasteiger partial charge in [-0.05, 0) is 66.2 Å². The lowest BCUT2D eigenvalue weighted by molar-refractivity contribution is 0.0902. The van der Waals surface area contributed by atoms with Gasteiger partial charge in [-0.15, -0.1) is 0 Å². The van der Waals surface area contributed by atoms with E-state index in [1.807, 2.05) is 12.1 Å². The van der Waals surface area contributed by atoms with Crippen molar-refractivity contribution in [3.8, 4) is 33.9 Å². The number of Topliss-reactive ketones (excluding diaryl/α,β-unsaturated/α-hetero) is 1. The largest absolute Gasteiger partial charge is 0.496 e. The average molecular weight is 506 g/mol. The molecule has 0 saturated heterocycles.